The quantitative estimate of drug-likeness (QED) is 0.531. The van der Waals surface area contributed by atoms with E-state index in [1.54, 1.807) is 0 Å². The molecule has 1 fully saturated rings. The Balaban J connectivity index is 1.87. The zero-order valence-electron chi connectivity index (χ0n) is 17.2. The van der Waals surface area contributed by atoms with Crippen molar-refractivity contribution in [3.05, 3.63) is 91.0 Å². The third-order valence-electron chi connectivity index (χ3n) is 6.28. The van der Waals surface area contributed by atoms with E-state index in [-0.39, 0.29) is 11.7 Å². The molecule has 1 aliphatic rings. The highest BCUT2D eigenvalue weighted by Crippen LogP contribution is 2.71. The summed E-state index contributed by atoms with van der Waals surface area (Å²) in [6.45, 7) is 4.23. The molecule has 0 spiro atoms. The summed E-state index contributed by atoms with van der Waals surface area (Å²) in [6.07, 6.45) is 0. The van der Waals surface area contributed by atoms with Gasteiger partial charge in [0.25, 0.3) is 0 Å². The minimum Gasteiger partial charge on any atom is -0.528 e. The van der Waals surface area contributed by atoms with E-state index in [0.717, 1.165) is 16.2 Å². The van der Waals surface area contributed by atoms with Gasteiger partial charge in [-0.3, -0.25) is 0 Å². The van der Waals surface area contributed by atoms with Crippen LogP contribution in [0.2, 0.25) is 0 Å². The van der Waals surface area contributed by atoms with Crippen LogP contribution in [-0.2, 0) is 9.31 Å². The summed E-state index contributed by atoms with van der Waals surface area (Å²) in [5.41, 5.74) is 2.04. The Labute approximate surface area is 174 Å². The molecule has 3 unspecified atom stereocenters. The van der Waals surface area contributed by atoms with Crippen molar-refractivity contribution in [3.8, 4) is 0 Å². The Bertz CT molecular complexity index is 881. The van der Waals surface area contributed by atoms with Gasteiger partial charge in [-0.2, -0.15) is 0 Å². The van der Waals surface area contributed by atoms with Gasteiger partial charge in [0.05, 0.1) is 0 Å². The van der Waals surface area contributed by atoms with Crippen LogP contribution in [0.1, 0.15) is 20.8 Å². The maximum absolute atomic E-state index is 11.0. The van der Waals surface area contributed by atoms with Crippen molar-refractivity contribution < 1.29 is 14.4 Å². The SMILES string of the molecule is CC(O)[P+]1(c2ccccc2)C(C)O[B-](c2ccccc2)(c2ccccc2)OC1C. The molecule has 3 nitrogen and oxygen atoms in total. The number of hydrogen-bond acceptors (Lipinski definition) is 3. The first-order chi connectivity index (χ1) is 14.0. The fraction of sp³-hybridized carbons (Fsp3) is 0.250. The van der Waals surface area contributed by atoms with Crippen molar-refractivity contribution in [2.45, 2.75) is 38.3 Å². The molecule has 1 aliphatic heterocycles. The molecular weight excluding hydrogens is 378 g/mol. The molecule has 0 aromatic heterocycles. The third kappa shape index (κ3) is 3.25. The molecule has 0 aliphatic carbocycles. The van der Waals surface area contributed by atoms with Gasteiger partial charge >= 0.3 is 6.55 Å². The van der Waals surface area contributed by atoms with Crippen LogP contribution in [0.4, 0.5) is 0 Å². The third-order valence-corrected chi connectivity index (χ3v) is 11.4. The van der Waals surface area contributed by atoms with E-state index in [1.165, 1.54) is 0 Å². The van der Waals surface area contributed by atoms with Gasteiger partial charge in [-0.05, 0) is 32.9 Å². The molecule has 3 aromatic carbocycles. The second-order valence-electron chi connectivity index (χ2n) is 7.81. The van der Waals surface area contributed by atoms with Crippen LogP contribution >= 0.6 is 7.26 Å². The Morgan fingerprint density at radius 1 is 0.724 bits per heavy atom. The maximum Gasteiger partial charge on any atom is 0.304 e. The first kappa shape index (κ1) is 20.3. The molecule has 0 saturated carbocycles. The second kappa shape index (κ2) is 8.05. The molecule has 1 heterocycles. The molecule has 150 valence electrons. The van der Waals surface area contributed by atoms with E-state index in [2.05, 4.69) is 50.2 Å². The lowest BCUT2D eigenvalue weighted by Gasteiger charge is -2.56. The molecule has 3 atom stereocenters. The fourth-order valence-electron chi connectivity index (χ4n) is 4.93. The standard InChI is InChI=1S/C24H28BO3P/c1-19(26)29(24-17-11-6-12-18-24)20(2)27-25(28-21(29)3,22-13-7-4-8-14-22)23-15-9-5-10-16-23/h4-21,26H,1-3H3. The molecule has 1 saturated heterocycles. The smallest absolute Gasteiger partial charge is 0.304 e. The number of rotatable bonds is 4. The molecule has 0 bridgehead atoms. The zero-order chi connectivity index (χ0) is 20.5. The minimum absolute atomic E-state index is 0.158. The number of aliphatic hydroxyl groups excluding tert-OH is 1. The Morgan fingerprint density at radius 3 is 1.48 bits per heavy atom. The average molecular weight is 406 g/mol. The zero-order valence-corrected chi connectivity index (χ0v) is 18.1. The highest BCUT2D eigenvalue weighted by Gasteiger charge is 2.61. The molecule has 5 heteroatoms. The molecule has 4 rings (SSSR count). The van der Waals surface area contributed by atoms with Crippen molar-refractivity contribution >= 4 is 30.0 Å². The summed E-state index contributed by atoms with van der Waals surface area (Å²) in [5, 5.41) is 12.2. The van der Waals surface area contributed by atoms with Gasteiger partial charge in [-0.25, -0.2) is 0 Å². The minimum atomic E-state index is -2.19. The normalized spacial score (nSPS) is 27.3. The molecule has 0 amide bonds. The monoisotopic (exact) mass is 406 g/mol. The van der Waals surface area contributed by atoms with Crippen LogP contribution in [0.3, 0.4) is 0 Å². The lowest BCUT2D eigenvalue weighted by atomic mass is 9.46. The van der Waals surface area contributed by atoms with Gasteiger partial charge in [-0.1, -0.05) is 78.9 Å². The van der Waals surface area contributed by atoms with Crippen LogP contribution in [0.15, 0.2) is 91.0 Å². The van der Waals surface area contributed by atoms with E-state index < -0.39 is 19.7 Å². The first-order valence-electron chi connectivity index (χ1n) is 10.2. The summed E-state index contributed by atoms with van der Waals surface area (Å²) in [6, 6.07) is 30.6. The summed E-state index contributed by atoms with van der Waals surface area (Å²) < 4.78 is 13.8. The number of benzene rings is 3. The topological polar surface area (TPSA) is 38.7 Å². The number of hydrogen-bond donors (Lipinski definition) is 1. The molecule has 29 heavy (non-hydrogen) atoms. The largest absolute Gasteiger partial charge is 0.528 e. The fourth-order valence-corrected chi connectivity index (χ4v) is 9.44. The Kier molecular flexibility index (Phi) is 5.64. The lowest BCUT2D eigenvalue weighted by molar-refractivity contribution is 0.132. The van der Waals surface area contributed by atoms with Crippen LogP contribution in [0.25, 0.3) is 0 Å². The highest BCUT2D eigenvalue weighted by molar-refractivity contribution is 7.84. The average Bonchev–Trinajstić information content (AvgIpc) is 2.75. The van der Waals surface area contributed by atoms with Crippen molar-refractivity contribution in [2.75, 3.05) is 0 Å². The Morgan fingerprint density at radius 2 is 1.10 bits per heavy atom. The van der Waals surface area contributed by atoms with Crippen molar-refractivity contribution in [1.29, 1.82) is 0 Å². The lowest BCUT2D eigenvalue weighted by Crippen LogP contribution is -2.69. The van der Waals surface area contributed by atoms with E-state index in [0.29, 0.717) is 0 Å². The van der Waals surface area contributed by atoms with Crippen LogP contribution in [0, 0.1) is 0 Å². The van der Waals surface area contributed by atoms with Crippen molar-refractivity contribution in [3.63, 3.8) is 0 Å². The van der Waals surface area contributed by atoms with E-state index in [9.17, 15) is 5.11 Å². The Hall–Kier alpha value is -1.97. The van der Waals surface area contributed by atoms with Gasteiger partial charge in [0.2, 0.25) is 0 Å². The van der Waals surface area contributed by atoms with Gasteiger partial charge in [0, 0.05) is 0 Å². The summed E-state index contributed by atoms with van der Waals surface area (Å²) >= 11 is 0. The van der Waals surface area contributed by atoms with E-state index >= 15 is 0 Å². The molecule has 3 aromatic rings. The van der Waals surface area contributed by atoms with Gasteiger partial charge in [0.1, 0.15) is 24.3 Å². The van der Waals surface area contributed by atoms with Crippen LogP contribution in [-0.4, -0.2) is 29.2 Å². The number of aliphatic hydroxyl groups is 1. The van der Waals surface area contributed by atoms with Crippen molar-refractivity contribution in [2.24, 2.45) is 0 Å². The van der Waals surface area contributed by atoms with Gasteiger partial charge in [-0.15, -0.1) is 10.9 Å². The highest BCUT2D eigenvalue weighted by atomic mass is 31.2. The summed E-state index contributed by atoms with van der Waals surface area (Å²) in [7, 11) is -2.19. The molecule has 1 N–H and O–H groups in total. The van der Waals surface area contributed by atoms with E-state index in [4.69, 9.17) is 9.31 Å². The van der Waals surface area contributed by atoms with E-state index in [1.807, 2.05) is 61.5 Å². The van der Waals surface area contributed by atoms with Crippen LogP contribution < -0.4 is 16.2 Å². The maximum atomic E-state index is 11.0. The van der Waals surface area contributed by atoms with Crippen molar-refractivity contribution in [1.82, 2.24) is 0 Å². The van der Waals surface area contributed by atoms with Gasteiger partial charge < -0.3 is 14.4 Å². The summed E-state index contributed by atoms with van der Waals surface area (Å²) in [5.74, 6) is -0.849. The first-order valence-corrected chi connectivity index (χ1v) is 12.2. The van der Waals surface area contributed by atoms with Gasteiger partial charge in [0.15, 0.2) is 5.85 Å². The van der Waals surface area contributed by atoms with Crippen LogP contribution in [0.5, 0.6) is 0 Å². The summed E-state index contributed by atoms with van der Waals surface area (Å²) in [4.78, 5) is 0. The second-order valence-corrected chi connectivity index (χ2v) is 12.2. The predicted molar refractivity (Wildman–Crippen MR) is 124 cm³/mol. The predicted octanol–water partition coefficient (Wildman–Crippen LogP) is 3.66. The molecule has 0 radical (unpaired) electrons. The molecular formula is C24H28BO3P.